The number of amides is 1. The molecular formula is C17H18ClFN2O4S. The van der Waals surface area contributed by atoms with Crippen LogP contribution in [0.3, 0.4) is 0 Å². The van der Waals surface area contributed by atoms with Crippen LogP contribution >= 0.6 is 11.6 Å². The Kier molecular flexibility index (Phi) is 5.36. The van der Waals surface area contributed by atoms with Gasteiger partial charge < -0.3 is 9.32 Å². The molecule has 1 aromatic heterocycles. The van der Waals surface area contributed by atoms with Gasteiger partial charge in [0.25, 0.3) is 5.91 Å². The van der Waals surface area contributed by atoms with Crippen LogP contribution in [0.15, 0.2) is 39.8 Å². The van der Waals surface area contributed by atoms with Crippen LogP contribution in [0.5, 0.6) is 0 Å². The molecule has 0 saturated carbocycles. The second-order valence-corrected chi connectivity index (χ2v) is 8.51. The van der Waals surface area contributed by atoms with E-state index >= 15 is 0 Å². The summed E-state index contributed by atoms with van der Waals surface area (Å²) in [5, 5.41) is 0.154. The summed E-state index contributed by atoms with van der Waals surface area (Å²) in [6, 6.07) is 7.22. The van der Waals surface area contributed by atoms with Crippen molar-refractivity contribution in [3.05, 3.63) is 52.5 Å². The Hall–Kier alpha value is -1.90. The molecule has 0 N–H and O–H groups in total. The SMILES string of the molecule is CS(=O)(=O)c1ccc(C(=O)N2CCN(Cc3c(F)cccc3Cl)CC2)o1. The van der Waals surface area contributed by atoms with Crippen LogP contribution in [-0.4, -0.2) is 56.6 Å². The van der Waals surface area contributed by atoms with E-state index in [1.165, 1.54) is 18.2 Å². The van der Waals surface area contributed by atoms with Crippen molar-refractivity contribution in [2.45, 2.75) is 11.6 Å². The van der Waals surface area contributed by atoms with E-state index in [1.807, 2.05) is 4.90 Å². The zero-order chi connectivity index (χ0) is 18.9. The van der Waals surface area contributed by atoms with E-state index in [0.29, 0.717) is 43.3 Å². The van der Waals surface area contributed by atoms with Crippen molar-refractivity contribution in [3.8, 4) is 0 Å². The highest BCUT2D eigenvalue weighted by Crippen LogP contribution is 2.22. The summed E-state index contributed by atoms with van der Waals surface area (Å²) >= 11 is 6.05. The molecule has 0 spiro atoms. The molecule has 1 aliphatic rings. The highest BCUT2D eigenvalue weighted by Gasteiger charge is 2.26. The second kappa shape index (κ2) is 7.38. The van der Waals surface area contributed by atoms with E-state index in [4.69, 9.17) is 16.0 Å². The number of nitrogens with zero attached hydrogens (tertiary/aromatic N) is 2. The first-order valence-electron chi connectivity index (χ1n) is 8.00. The Labute approximate surface area is 156 Å². The number of benzene rings is 1. The maximum absolute atomic E-state index is 13.9. The van der Waals surface area contributed by atoms with E-state index in [0.717, 1.165) is 6.26 Å². The van der Waals surface area contributed by atoms with Gasteiger partial charge in [0.2, 0.25) is 14.9 Å². The summed E-state index contributed by atoms with van der Waals surface area (Å²) in [5.74, 6) is -0.709. The highest BCUT2D eigenvalue weighted by molar-refractivity contribution is 7.90. The Morgan fingerprint density at radius 1 is 1.19 bits per heavy atom. The molecule has 26 heavy (non-hydrogen) atoms. The minimum atomic E-state index is -3.49. The molecule has 2 heterocycles. The molecule has 3 rings (SSSR count). The van der Waals surface area contributed by atoms with Crippen LogP contribution in [0.25, 0.3) is 0 Å². The van der Waals surface area contributed by atoms with Crippen LogP contribution in [-0.2, 0) is 16.4 Å². The Bertz CT molecular complexity index is 900. The summed E-state index contributed by atoms with van der Waals surface area (Å²) in [6.07, 6.45) is 1.02. The lowest BCUT2D eigenvalue weighted by molar-refractivity contribution is 0.0591. The fraction of sp³-hybridized carbons (Fsp3) is 0.353. The summed E-state index contributed by atoms with van der Waals surface area (Å²) in [5.41, 5.74) is 0.442. The van der Waals surface area contributed by atoms with Crippen molar-refractivity contribution in [1.82, 2.24) is 9.80 Å². The van der Waals surface area contributed by atoms with Gasteiger partial charge in [-0.2, -0.15) is 0 Å². The molecule has 1 saturated heterocycles. The number of carbonyl (C=O) groups is 1. The number of rotatable bonds is 4. The molecule has 0 unspecified atom stereocenters. The third-order valence-electron chi connectivity index (χ3n) is 4.26. The lowest BCUT2D eigenvalue weighted by atomic mass is 10.2. The summed E-state index contributed by atoms with van der Waals surface area (Å²) in [4.78, 5) is 16.1. The van der Waals surface area contributed by atoms with Crippen molar-refractivity contribution in [1.29, 1.82) is 0 Å². The van der Waals surface area contributed by atoms with Gasteiger partial charge in [-0.15, -0.1) is 0 Å². The molecule has 0 bridgehead atoms. The standard InChI is InChI=1S/C17H18ClFN2O4S/c1-26(23,24)16-6-5-15(25-16)17(22)21-9-7-20(8-10-21)11-12-13(18)3-2-4-14(12)19/h2-6H,7-11H2,1H3. The van der Waals surface area contributed by atoms with E-state index in [2.05, 4.69) is 0 Å². The summed E-state index contributed by atoms with van der Waals surface area (Å²) in [7, 11) is -3.49. The number of carbonyl (C=O) groups excluding carboxylic acids is 1. The first-order chi connectivity index (χ1) is 12.3. The minimum absolute atomic E-state index is 0.00368. The van der Waals surface area contributed by atoms with E-state index < -0.39 is 9.84 Å². The minimum Gasteiger partial charge on any atom is -0.440 e. The third kappa shape index (κ3) is 4.08. The first-order valence-corrected chi connectivity index (χ1v) is 10.3. The average molecular weight is 401 g/mol. The van der Waals surface area contributed by atoms with Crippen molar-refractivity contribution in [3.63, 3.8) is 0 Å². The summed E-state index contributed by atoms with van der Waals surface area (Å²) < 4.78 is 42.0. The maximum atomic E-state index is 13.9. The normalized spacial score (nSPS) is 16.0. The molecule has 1 aliphatic heterocycles. The van der Waals surface area contributed by atoms with Gasteiger partial charge in [0.1, 0.15) is 5.82 Å². The lowest BCUT2D eigenvalue weighted by Gasteiger charge is -2.34. The molecule has 2 aromatic rings. The van der Waals surface area contributed by atoms with Crippen LogP contribution in [0.2, 0.25) is 5.02 Å². The predicted octanol–water partition coefficient (Wildman–Crippen LogP) is 2.43. The van der Waals surface area contributed by atoms with Crippen molar-refractivity contribution >= 4 is 27.3 Å². The highest BCUT2D eigenvalue weighted by atomic mass is 35.5. The molecule has 0 atom stereocenters. The van der Waals surface area contributed by atoms with Crippen LogP contribution in [0.1, 0.15) is 16.1 Å². The quantitative estimate of drug-likeness (QED) is 0.788. The van der Waals surface area contributed by atoms with Crippen molar-refractivity contribution < 1.29 is 22.0 Å². The number of halogens is 2. The van der Waals surface area contributed by atoms with Gasteiger partial charge in [0, 0.05) is 49.6 Å². The fourth-order valence-corrected chi connectivity index (χ4v) is 3.59. The molecule has 140 valence electrons. The predicted molar refractivity (Wildman–Crippen MR) is 94.4 cm³/mol. The van der Waals surface area contributed by atoms with Crippen LogP contribution < -0.4 is 0 Å². The van der Waals surface area contributed by atoms with E-state index in [-0.39, 0.29) is 22.6 Å². The Morgan fingerprint density at radius 2 is 1.88 bits per heavy atom. The lowest BCUT2D eigenvalue weighted by Crippen LogP contribution is -2.48. The molecule has 0 aliphatic carbocycles. The number of furan rings is 1. The molecule has 1 amide bonds. The summed E-state index contributed by atoms with van der Waals surface area (Å²) in [6.45, 7) is 2.33. The molecule has 0 radical (unpaired) electrons. The van der Waals surface area contributed by atoms with Gasteiger partial charge in [0.05, 0.1) is 0 Å². The Balaban J connectivity index is 1.61. The van der Waals surface area contributed by atoms with Gasteiger partial charge in [-0.3, -0.25) is 9.69 Å². The zero-order valence-electron chi connectivity index (χ0n) is 14.1. The van der Waals surface area contributed by atoms with E-state index in [9.17, 15) is 17.6 Å². The molecule has 9 heteroatoms. The number of piperazine rings is 1. The number of hydrogen-bond acceptors (Lipinski definition) is 5. The smallest absolute Gasteiger partial charge is 0.289 e. The van der Waals surface area contributed by atoms with Gasteiger partial charge in [-0.25, -0.2) is 12.8 Å². The topological polar surface area (TPSA) is 70.8 Å². The largest absolute Gasteiger partial charge is 0.440 e. The molecule has 1 aromatic carbocycles. The van der Waals surface area contributed by atoms with Gasteiger partial charge in [0.15, 0.2) is 5.76 Å². The Morgan fingerprint density at radius 3 is 2.46 bits per heavy atom. The molecular weight excluding hydrogens is 383 g/mol. The maximum Gasteiger partial charge on any atom is 0.289 e. The average Bonchev–Trinajstić information content (AvgIpc) is 3.09. The third-order valence-corrected chi connectivity index (χ3v) is 5.56. The van der Waals surface area contributed by atoms with Gasteiger partial charge in [-0.05, 0) is 24.3 Å². The monoisotopic (exact) mass is 400 g/mol. The number of hydrogen-bond donors (Lipinski definition) is 0. The van der Waals surface area contributed by atoms with Gasteiger partial charge >= 0.3 is 0 Å². The molecule has 6 nitrogen and oxygen atoms in total. The first kappa shape index (κ1) is 18.9. The molecule has 1 fully saturated rings. The van der Waals surface area contributed by atoms with E-state index in [1.54, 1.807) is 17.0 Å². The number of sulfone groups is 1. The van der Waals surface area contributed by atoms with Gasteiger partial charge in [-0.1, -0.05) is 17.7 Å². The second-order valence-electron chi connectivity index (χ2n) is 6.16. The zero-order valence-corrected chi connectivity index (χ0v) is 15.7. The van der Waals surface area contributed by atoms with Crippen LogP contribution in [0.4, 0.5) is 4.39 Å². The van der Waals surface area contributed by atoms with Crippen molar-refractivity contribution in [2.75, 3.05) is 32.4 Å². The van der Waals surface area contributed by atoms with Crippen molar-refractivity contribution in [2.24, 2.45) is 0 Å². The van der Waals surface area contributed by atoms with Crippen LogP contribution in [0, 0.1) is 5.82 Å². The fourth-order valence-electron chi connectivity index (χ4n) is 2.81.